The molecule has 0 bridgehead atoms. The van der Waals surface area contributed by atoms with E-state index in [9.17, 15) is 0 Å². The molecule has 4 nitrogen and oxygen atoms in total. The molecule has 3 rings (SSSR count). The largest absolute Gasteiger partial charge is 0.379 e. The highest BCUT2D eigenvalue weighted by Crippen LogP contribution is 2.19. The van der Waals surface area contributed by atoms with Crippen LogP contribution in [0.25, 0.3) is 4.96 Å². The van der Waals surface area contributed by atoms with Crippen LogP contribution in [0.1, 0.15) is 17.0 Å². The van der Waals surface area contributed by atoms with Crippen molar-refractivity contribution in [1.29, 1.82) is 0 Å². The topological polar surface area (TPSA) is 32.6 Å². The first kappa shape index (κ1) is 14.1. The van der Waals surface area contributed by atoms with Crippen LogP contribution in [0.3, 0.4) is 0 Å². The number of thiazole rings is 1. The molecule has 0 saturated heterocycles. The third-order valence-corrected chi connectivity index (χ3v) is 4.20. The first-order chi connectivity index (χ1) is 10.1. The smallest absolute Gasteiger partial charge is 0.194 e. The molecule has 3 aromatic rings. The molecule has 0 saturated carbocycles. The van der Waals surface area contributed by atoms with Gasteiger partial charge in [-0.25, -0.2) is 4.98 Å². The Labute approximate surface area is 129 Å². The highest BCUT2D eigenvalue weighted by molar-refractivity contribution is 7.15. The van der Waals surface area contributed by atoms with Gasteiger partial charge in [0.1, 0.15) is 0 Å². The van der Waals surface area contributed by atoms with Crippen molar-refractivity contribution in [3.05, 3.63) is 52.8 Å². The zero-order valence-electron chi connectivity index (χ0n) is 12.6. The maximum Gasteiger partial charge on any atom is 0.194 e. The van der Waals surface area contributed by atoms with Gasteiger partial charge in [-0.3, -0.25) is 4.40 Å². The zero-order valence-corrected chi connectivity index (χ0v) is 13.4. The van der Waals surface area contributed by atoms with Crippen molar-refractivity contribution >= 4 is 22.0 Å². The number of fused-ring (bicyclic) bond motifs is 1. The van der Waals surface area contributed by atoms with E-state index in [-0.39, 0.29) is 0 Å². The van der Waals surface area contributed by atoms with Crippen molar-refractivity contribution in [2.75, 3.05) is 19.4 Å². The predicted octanol–water partition coefficient (Wildman–Crippen LogP) is 3.38. The molecule has 1 aromatic carbocycles. The normalized spacial score (nSPS) is 11.4. The third-order valence-electron chi connectivity index (χ3n) is 3.45. The summed E-state index contributed by atoms with van der Waals surface area (Å²) in [6, 6.07) is 8.58. The van der Waals surface area contributed by atoms with Gasteiger partial charge in [-0.15, -0.1) is 11.3 Å². The number of aromatic nitrogens is 2. The highest BCUT2D eigenvalue weighted by atomic mass is 32.1. The maximum atomic E-state index is 4.58. The Balaban J connectivity index is 1.75. The minimum atomic E-state index is 0.787. The molecule has 1 N–H and O–H groups in total. The van der Waals surface area contributed by atoms with Crippen LogP contribution >= 0.6 is 11.3 Å². The van der Waals surface area contributed by atoms with Gasteiger partial charge in [0.25, 0.3) is 0 Å². The fraction of sp³-hybridized carbons (Fsp3) is 0.312. The van der Waals surface area contributed by atoms with Crippen molar-refractivity contribution < 1.29 is 0 Å². The van der Waals surface area contributed by atoms with E-state index in [1.807, 2.05) is 0 Å². The number of anilines is 1. The van der Waals surface area contributed by atoms with Gasteiger partial charge < -0.3 is 10.2 Å². The Morgan fingerprint density at radius 2 is 2.19 bits per heavy atom. The fourth-order valence-electron chi connectivity index (χ4n) is 2.48. The predicted molar refractivity (Wildman–Crippen MR) is 89.0 cm³/mol. The van der Waals surface area contributed by atoms with Crippen molar-refractivity contribution in [3.8, 4) is 0 Å². The molecule has 110 valence electrons. The lowest BCUT2D eigenvalue weighted by Gasteiger charge is -2.12. The Morgan fingerprint density at radius 3 is 3.00 bits per heavy atom. The molecular formula is C16H20N4S. The summed E-state index contributed by atoms with van der Waals surface area (Å²) in [5, 5.41) is 5.58. The number of benzene rings is 1. The minimum absolute atomic E-state index is 0.787. The summed E-state index contributed by atoms with van der Waals surface area (Å²) in [5.41, 5.74) is 4.79. The quantitative estimate of drug-likeness (QED) is 0.784. The Bertz CT molecular complexity index is 742. The van der Waals surface area contributed by atoms with Gasteiger partial charge in [-0.05, 0) is 38.7 Å². The highest BCUT2D eigenvalue weighted by Gasteiger charge is 2.09. The van der Waals surface area contributed by atoms with E-state index in [1.165, 1.54) is 11.3 Å². The van der Waals surface area contributed by atoms with E-state index in [1.54, 1.807) is 11.3 Å². The zero-order chi connectivity index (χ0) is 14.8. The van der Waals surface area contributed by atoms with Gasteiger partial charge >= 0.3 is 0 Å². The van der Waals surface area contributed by atoms with Crippen LogP contribution in [0.2, 0.25) is 0 Å². The molecule has 0 amide bonds. The summed E-state index contributed by atoms with van der Waals surface area (Å²) in [7, 11) is 4.17. The summed E-state index contributed by atoms with van der Waals surface area (Å²) in [5.74, 6) is 0. The van der Waals surface area contributed by atoms with E-state index in [0.717, 1.165) is 29.4 Å². The Kier molecular flexibility index (Phi) is 3.94. The van der Waals surface area contributed by atoms with Crippen molar-refractivity contribution in [2.24, 2.45) is 0 Å². The van der Waals surface area contributed by atoms with Gasteiger partial charge in [0.2, 0.25) is 0 Å². The minimum Gasteiger partial charge on any atom is -0.379 e. The van der Waals surface area contributed by atoms with Crippen molar-refractivity contribution in [1.82, 2.24) is 14.3 Å². The van der Waals surface area contributed by atoms with Crippen LogP contribution in [0, 0.1) is 6.92 Å². The molecule has 2 heterocycles. The average Bonchev–Trinajstić information content (AvgIpc) is 2.97. The average molecular weight is 300 g/mol. The van der Waals surface area contributed by atoms with Crippen LogP contribution in [0.5, 0.6) is 0 Å². The summed E-state index contributed by atoms with van der Waals surface area (Å²) >= 11 is 1.67. The maximum absolute atomic E-state index is 4.58. The third kappa shape index (κ3) is 3.09. The summed E-state index contributed by atoms with van der Waals surface area (Å²) in [4.78, 5) is 7.81. The van der Waals surface area contributed by atoms with Crippen LogP contribution in [0.4, 0.5) is 5.69 Å². The SMILES string of the molecule is Cc1nc2sccn2c1CNc1cccc(CN(C)C)c1. The number of nitrogens with one attached hydrogen (secondary N) is 1. The Hall–Kier alpha value is -1.85. The molecule has 0 aliphatic carbocycles. The number of aryl methyl sites for hydroxylation is 1. The summed E-state index contributed by atoms with van der Waals surface area (Å²) < 4.78 is 2.16. The lowest BCUT2D eigenvalue weighted by atomic mass is 10.2. The second kappa shape index (κ2) is 5.87. The number of hydrogen-bond acceptors (Lipinski definition) is 4. The van der Waals surface area contributed by atoms with E-state index < -0.39 is 0 Å². The lowest BCUT2D eigenvalue weighted by Crippen LogP contribution is -2.11. The number of hydrogen-bond donors (Lipinski definition) is 1. The molecule has 2 aromatic heterocycles. The molecule has 0 fully saturated rings. The van der Waals surface area contributed by atoms with Crippen molar-refractivity contribution in [2.45, 2.75) is 20.0 Å². The van der Waals surface area contributed by atoms with Crippen LogP contribution in [-0.2, 0) is 13.1 Å². The molecule has 0 aliphatic heterocycles. The number of nitrogens with zero attached hydrogens (tertiary/aromatic N) is 3. The fourth-order valence-corrected chi connectivity index (χ4v) is 3.26. The lowest BCUT2D eigenvalue weighted by molar-refractivity contribution is 0.402. The van der Waals surface area contributed by atoms with Crippen LogP contribution in [0.15, 0.2) is 35.8 Å². The van der Waals surface area contributed by atoms with Crippen LogP contribution in [-0.4, -0.2) is 28.4 Å². The van der Waals surface area contributed by atoms with Crippen molar-refractivity contribution in [3.63, 3.8) is 0 Å². The molecule has 0 spiro atoms. The van der Waals surface area contributed by atoms with E-state index in [0.29, 0.717) is 0 Å². The van der Waals surface area contributed by atoms with E-state index in [2.05, 4.69) is 76.5 Å². The van der Waals surface area contributed by atoms with Gasteiger partial charge in [-0.2, -0.15) is 0 Å². The molecular weight excluding hydrogens is 280 g/mol. The number of rotatable bonds is 5. The summed E-state index contributed by atoms with van der Waals surface area (Å²) in [6.07, 6.45) is 2.08. The Morgan fingerprint density at radius 1 is 1.33 bits per heavy atom. The van der Waals surface area contributed by atoms with E-state index >= 15 is 0 Å². The molecule has 0 aliphatic rings. The second-order valence-electron chi connectivity index (χ2n) is 5.49. The molecule has 0 unspecified atom stereocenters. The first-order valence-corrected chi connectivity index (χ1v) is 7.90. The van der Waals surface area contributed by atoms with Gasteiger partial charge in [0.05, 0.1) is 17.9 Å². The van der Waals surface area contributed by atoms with Gasteiger partial charge in [0, 0.05) is 23.8 Å². The van der Waals surface area contributed by atoms with Crippen LogP contribution < -0.4 is 5.32 Å². The summed E-state index contributed by atoms with van der Waals surface area (Å²) in [6.45, 7) is 3.81. The molecule has 21 heavy (non-hydrogen) atoms. The monoisotopic (exact) mass is 300 g/mol. The standard InChI is InChI=1S/C16H20N4S/c1-12-15(20-7-8-21-16(20)18-12)10-17-14-6-4-5-13(9-14)11-19(2)3/h4-9,17H,10-11H2,1-3H3. The molecule has 5 heteroatoms. The first-order valence-electron chi connectivity index (χ1n) is 7.02. The molecule has 0 radical (unpaired) electrons. The molecule has 0 atom stereocenters. The number of imidazole rings is 1. The van der Waals surface area contributed by atoms with E-state index in [4.69, 9.17) is 0 Å². The second-order valence-corrected chi connectivity index (χ2v) is 6.36. The van der Waals surface area contributed by atoms with Gasteiger partial charge in [0.15, 0.2) is 4.96 Å². The van der Waals surface area contributed by atoms with Gasteiger partial charge in [-0.1, -0.05) is 12.1 Å².